The van der Waals surface area contributed by atoms with E-state index in [1.165, 1.54) is 0 Å². The first-order valence-corrected chi connectivity index (χ1v) is 11.4. The Balaban J connectivity index is 2.06. The van der Waals surface area contributed by atoms with Crippen molar-refractivity contribution in [3.63, 3.8) is 0 Å². The molecule has 2 aromatic rings. The highest BCUT2D eigenvalue weighted by atomic mass is 32.2. The lowest BCUT2D eigenvalue weighted by atomic mass is 10.2. The molecule has 2 unspecified atom stereocenters. The van der Waals surface area contributed by atoms with Crippen molar-refractivity contribution in [2.24, 2.45) is 0 Å². The van der Waals surface area contributed by atoms with Crippen LogP contribution in [-0.4, -0.2) is 24.5 Å². The van der Waals surface area contributed by atoms with Gasteiger partial charge in [0.05, 0.1) is 9.79 Å². The van der Waals surface area contributed by atoms with Crippen LogP contribution in [0.1, 0.15) is 25.0 Å². The van der Waals surface area contributed by atoms with Crippen LogP contribution >= 0.6 is 24.1 Å². The van der Waals surface area contributed by atoms with Crippen LogP contribution in [-0.2, 0) is 22.7 Å². The van der Waals surface area contributed by atoms with Crippen molar-refractivity contribution in [1.29, 1.82) is 0 Å². The van der Waals surface area contributed by atoms with Crippen LogP contribution in [0.15, 0.2) is 71.5 Å². The molecule has 0 saturated heterocycles. The first-order chi connectivity index (χ1) is 15.7. The molecule has 0 radical (unpaired) electrons. The number of carbonyl (C=O) groups excluding carboxylic acids is 2. The van der Waals surface area contributed by atoms with E-state index in [1.807, 2.05) is 50.2 Å². The van der Waals surface area contributed by atoms with Gasteiger partial charge in [0.15, 0.2) is 0 Å². The quantitative estimate of drug-likeness (QED) is 0.155. The maximum Gasteiger partial charge on any atom is 0.333 e. The molecule has 0 aliphatic heterocycles. The molecule has 2 atom stereocenters. The van der Waals surface area contributed by atoms with E-state index in [9.17, 15) is 9.59 Å². The summed E-state index contributed by atoms with van der Waals surface area (Å²) in [5.74, 6) is -0.127. The fourth-order valence-corrected chi connectivity index (χ4v) is 3.82. The van der Waals surface area contributed by atoms with Crippen LogP contribution in [0, 0.1) is 13.8 Å². The second kappa shape index (κ2) is 13.0. The number of esters is 2. The van der Waals surface area contributed by atoms with Gasteiger partial charge >= 0.3 is 11.9 Å². The smallest absolute Gasteiger partial charge is 0.333 e. The van der Waals surface area contributed by atoms with Crippen LogP contribution in [0.5, 0.6) is 11.5 Å². The fourth-order valence-electron chi connectivity index (χ4n) is 2.47. The lowest BCUT2D eigenvalue weighted by Gasteiger charge is -2.18. The Morgan fingerprint density at radius 1 is 0.788 bits per heavy atom. The minimum atomic E-state index is -0.804. The van der Waals surface area contributed by atoms with E-state index in [-0.39, 0.29) is 0 Å². The number of carbonyl (C=O) groups is 2. The van der Waals surface area contributed by atoms with E-state index in [1.54, 1.807) is 13.8 Å². The van der Waals surface area contributed by atoms with Crippen LogP contribution < -0.4 is 9.47 Å². The number of hydrogen-bond acceptors (Lipinski definition) is 9. The van der Waals surface area contributed by atoms with Crippen LogP contribution in [0.4, 0.5) is 0 Å². The summed E-state index contributed by atoms with van der Waals surface area (Å²) in [6.45, 7) is 13.8. The lowest BCUT2D eigenvalue weighted by molar-refractivity contribution is -0.156. The number of aryl methyl sites for hydroxylation is 2. The summed E-state index contributed by atoms with van der Waals surface area (Å²) >= 11 is 2.17. The summed E-state index contributed by atoms with van der Waals surface area (Å²) in [5, 5.41) is 0. The van der Waals surface area contributed by atoms with Crippen LogP contribution in [0.3, 0.4) is 0 Å². The van der Waals surface area contributed by atoms with Crippen LogP contribution in [0.2, 0.25) is 0 Å². The van der Waals surface area contributed by atoms with Gasteiger partial charge in [0.1, 0.15) is 11.5 Å². The van der Waals surface area contributed by atoms with Gasteiger partial charge in [-0.25, -0.2) is 13.2 Å². The van der Waals surface area contributed by atoms with Gasteiger partial charge in [-0.3, -0.25) is 0 Å². The summed E-state index contributed by atoms with van der Waals surface area (Å²) in [6.07, 6.45) is 0.542. The van der Waals surface area contributed by atoms with Gasteiger partial charge in [-0.1, -0.05) is 25.3 Å². The Morgan fingerprint density at radius 3 is 1.55 bits per heavy atom. The van der Waals surface area contributed by atoms with Crippen molar-refractivity contribution < 1.29 is 32.2 Å². The highest BCUT2D eigenvalue weighted by Gasteiger charge is 2.15. The highest BCUT2D eigenvalue weighted by Crippen LogP contribution is 2.39. The van der Waals surface area contributed by atoms with E-state index in [4.69, 9.17) is 22.6 Å². The Kier molecular flexibility index (Phi) is 10.4. The van der Waals surface area contributed by atoms with E-state index >= 15 is 0 Å². The molecule has 0 aromatic heterocycles. The van der Waals surface area contributed by atoms with E-state index < -0.39 is 24.5 Å². The van der Waals surface area contributed by atoms with Gasteiger partial charge < -0.3 is 18.9 Å². The van der Waals surface area contributed by atoms with Gasteiger partial charge in [-0.2, -0.15) is 0 Å². The lowest BCUT2D eigenvalue weighted by Crippen LogP contribution is -2.20. The molecular weight excluding hydrogens is 464 g/mol. The zero-order valence-electron chi connectivity index (χ0n) is 18.9. The fraction of sp³-hybridized carbons (Fsp3) is 0.250. The SMILES string of the molecule is C=CC(=O)OC(C)Oc1cc(C)ccc1SOSc1ccc(C)cc1OC(C)OC(=O)C=C. The molecule has 0 N–H and O–H groups in total. The summed E-state index contributed by atoms with van der Waals surface area (Å²) in [7, 11) is 0. The molecule has 0 amide bonds. The summed E-state index contributed by atoms with van der Waals surface area (Å²) in [5.41, 5.74) is 1.95. The Bertz CT molecular complexity index is 927. The Labute approximate surface area is 202 Å². The molecule has 2 rings (SSSR count). The minimum Gasteiger partial charge on any atom is -0.454 e. The second-order valence-electron chi connectivity index (χ2n) is 6.79. The third-order valence-electron chi connectivity index (χ3n) is 3.93. The van der Waals surface area contributed by atoms with E-state index in [0.29, 0.717) is 21.3 Å². The molecule has 0 bridgehead atoms. The van der Waals surface area contributed by atoms with E-state index in [2.05, 4.69) is 13.2 Å². The number of rotatable bonds is 12. The highest BCUT2D eigenvalue weighted by molar-refractivity contribution is 8.08. The monoisotopic (exact) mass is 490 g/mol. The first kappa shape index (κ1) is 26.4. The Morgan fingerprint density at radius 2 is 1.18 bits per heavy atom. The van der Waals surface area contributed by atoms with Crippen LogP contribution in [0.25, 0.3) is 0 Å². The molecule has 0 heterocycles. The molecule has 2 aromatic carbocycles. The molecule has 0 aliphatic rings. The number of ether oxygens (including phenoxy) is 4. The summed E-state index contributed by atoms with van der Waals surface area (Å²) < 4.78 is 27.4. The van der Waals surface area contributed by atoms with Crippen molar-refractivity contribution >= 4 is 36.0 Å². The molecular formula is C24H26O7S2. The predicted molar refractivity (Wildman–Crippen MR) is 128 cm³/mol. The second-order valence-corrected chi connectivity index (χ2v) is 8.55. The van der Waals surface area contributed by atoms with Gasteiger partial charge in [-0.05, 0) is 49.2 Å². The maximum atomic E-state index is 11.4. The third kappa shape index (κ3) is 8.88. The molecule has 0 spiro atoms. The zero-order chi connectivity index (χ0) is 24.4. The molecule has 0 saturated carbocycles. The summed E-state index contributed by atoms with van der Waals surface area (Å²) in [4.78, 5) is 24.2. The van der Waals surface area contributed by atoms with Crippen molar-refractivity contribution in [1.82, 2.24) is 0 Å². The third-order valence-corrected chi connectivity index (χ3v) is 5.51. The van der Waals surface area contributed by atoms with Crippen molar-refractivity contribution in [2.45, 2.75) is 50.1 Å². The standard InChI is InChI=1S/C24H26O7S2/c1-7-23(25)29-17(5)27-19-13-15(3)9-11-21(19)32-31-33-22-12-10-16(4)14-20(22)28-18(6)30-24(26)8-2/h7-14,17-18H,1-2H2,3-6H3. The predicted octanol–water partition coefficient (Wildman–Crippen LogP) is 5.94. The molecule has 9 heteroatoms. The Hall–Kier alpha value is -2.88. The molecule has 0 fully saturated rings. The first-order valence-electron chi connectivity index (χ1n) is 9.93. The molecule has 7 nitrogen and oxygen atoms in total. The normalized spacial score (nSPS) is 12.2. The van der Waals surface area contributed by atoms with Gasteiger partial charge in [0, 0.05) is 50.1 Å². The maximum absolute atomic E-state index is 11.4. The van der Waals surface area contributed by atoms with E-state index in [0.717, 1.165) is 47.4 Å². The van der Waals surface area contributed by atoms with Gasteiger partial charge in [0.2, 0.25) is 12.6 Å². The largest absolute Gasteiger partial charge is 0.454 e. The van der Waals surface area contributed by atoms with Crippen molar-refractivity contribution in [2.75, 3.05) is 0 Å². The molecule has 176 valence electrons. The summed E-state index contributed by atoms with van der Waals surface area (Å²) in [6, 6.07) is 11.2. The molecule has 0 aliphatic carbocycles. The van der Waals surface area contributed by atoms with Crippen molar-refractivity contribution in [3.8, 4) is 11.5 Å². The van der Waals surface area contributed by atoms with Gasteiger partial charge in [0.25, 0.3) is 0 Å². The van der Waals surface area contributed by atoms with Gasteiger partial charge in [-0.15, -0.1) is 0 Å². The topological polar surface area (TPSA) is 80.3 Å². The minimum absolute atomic E-state index is 0.510. The zero-order valence-corrected chi connectivity index (χ0v) is 20.5. The average molecular weight is 491 g/mol. The number of hydrogen-bond donors (Lipinski definition) is 0. The average Bonchev–Trinajstić information content (AvgIpc) is 2.76. The molecule has 33 heavy (non-hydrogen) atoms. The number of benzene rings is 2. The van der Waals surface area contributed by atoms with Crippen molar-refractivity contribution in [3.05, 3.63) is 72.8 Å².